The molecule has 1 rings (SSSR count). The molecule has 0 fully saturated rings. The normalized spacial score (nSPS) is 10.9. The number of esters is 1. The van der Waals surface area contributed by atoms with E-state index in [0.717, 1.165) is 0 Å². The first-order chi connectivity index (χ1) is 8.34. The molecule has 0 unspecified atom stereocenters. The second-order valence-electron chi connectivity index (χ2n) is 3.25. The molecule has 0 aromatic heterocycles. The van der Waals surface area contributed by atoms with Gasteiger partial charge in [0, 0.05) is 5.69 Å². The highest BCUT2D eigenvalue weighted by Crippen LogP contribution is 2.18. The van der Waals surface area contributed by atoms with E-state index < -0.39 is 18.1 Å². The Kier molecular flexibility index (Phi) is 4.30. The van der Waals surface area contributed by atoms with Crippen LogP contribution >= 0.6 is 0 Å². The Morgan fingerprint density at radius 2 is 1.78 bits per heavy atom. The smallest absolute Gasteiger partial charge is 0.462 e. The molecule has 7 heteroatoms. The number of hydrogen-bond donors (Lipinski definition) is 1. The predicted molar refractivity (Wildman–Crippen MR) is 57.1 cm³/mol. The molecule has 0 heterocycles. The maximum Gasteiger partial charge on any atom is 0.471 e. The van der Waals surface area contributed by atoms with Crippen molar-refractivity contribution in [2.75, 3.05) is 11.9 Å². The van der Waals surface area contributed by atoms with Gasteiger partial charge in [-0.3, -0.25) is 4.79 Å². The fourth-order valence-electron chi connectivity index (χ4n) is 1.11. The molecule has 1 N–H and O–H groups in total. The number of ether oxygens (including phenoxy) is 1. The molecule has 0 aliphatic rings. The monoisotopic (exact) mass is 261 g/mol. The van der Waals surface area contributed by atoms with E-state index in [9.17, 15) is 22.8 Å². The highest BCUT2D eigenvalue weighted by molar-refractivity contribution is 5.95. The van der Waals surface area contributed by atoms with E-state index in [1.807, 2.05) is 0 Å². The maximum absolute atomic E-state index is 12.0. The van der Waals surface area contributed by atoms with Gasteiger partial charge in [0.1, 0.15) is 0 Å². The van der Waals surface area contributed by atoms with E-state index in [-0.39, 0.29) is 17.9 Å². The Hall–Kier alpha value is -2.05. The number of carbonyl (C=O) groups is 2. The average molecular weight is 261 g/mol. The summed E-state index contributed by atoms with van der Waals surface area (Å²) in [5.41, 5.74) is 0.146. The summed E-state index contributed by atoms with van der Waals surface area (Å²) in [6.45, 7) is 1.83. The average Bonchev–Trinajstić information content (AvgIpc) is 2.29. The van der Waals surface area contributed by atoms with Crippen molar-refractivity contribution >= 4 is 17.6 Å². The van der Waals surface area contributed by atoms with Gasteiger partial charge in [-0.1, -0.05) is 0 Å². The third-order valence-corrected chi connectivity index (χ3v) is 1.91. The number of anilines is 1. The molecule has 1 amide bonds. The predicted octanol–water partition coefficient (Wildman–Crippen LogP) is 2.36. The second-order valence-corrected chi connectivity index (χ2v) is 3.25. The molecule has 0 radical (unpaired) electrons. The molecule has 0 aliphatic heterocycles. The standard InChI is InChI=1S/C11H10F3NO3/c1-2-18-9(16)7-3-5-8(6-4-7)15-10(17)11(12,13)14/h3-6H,2H2,1H3,(H,15,17). The minimum Gasteiger partial charge on any atom is -0.462 e. The first kappa shape index (κ1) is 14.0. The lowest BCUT2D eigenvalue weighted by molar-refractivity contribution is -0.167. The number of amides is 1. The Labute approximate surface area is 101 Å². The van der Waals surface area contributed by atoms with Crippen LogP contribution < -0.4 is 5.32 Å². The molecule has 1 aromatic carbocycles. The summed E-state index contributed by atoms with van der Waals surface area (Å²) < 4.78 is 40.6. The van der Waals surface area contributed by atoms with Crippen molar-refractivity contribution in [1.82, 2.24) is 0 Å². The molecule has 0 saturated carbocycles. The maximum atomic E-state index is 12.0. The summed E-state index contributed by atoms with van der Waals surface area (Å²) in [6, 6.07) is 4.92. The van der Waals surface area contributed by atoms with Crippen molar-refractivity contribution in [1.29, 1.82) is 0 Å². The summed E-state index contributed by atoms with van der Waals surface area (Å²) >= 11 is 0. The van der Waals surface area contributed by atoms with Crippen molar-refractivity contribution in [3.05, 3.63) is 29.8 Å². The molecule has 98 valence electrons. The van der Waals surface area contributed by atoms with E-state index in [1.54, 1.807) is 12.2 Å². The zero-order valence-electron chi connectivity index (χ0n) is 9.38. The minimum atomic E-state index is -4.94. The molecule has 0 aliphatic carbocycles. The van der Waals surface area contributed by atoms with Gasteiger partial charge >= 0.3 is 18.1 Å². The van der Waals surface area contributed by atoms with Crippen molar-refractivity contribution < 1.29 is 27.5 Å². The molecule has 0 bridgehead atoms. The lowest BCUT2D eigenvalue weighted by Crippen LogP contribution is -2.29. The largest absolute Gasteiger partial charge is 0.471 e. The zero-order chi connectivity index (χ0) is 13.8. The zero-order valence-corrected chi connectivity index (χ0v) is 9.38. The summed E-state index contributed by atoms with van der Waals surface area (Å²) in [4.78, 5) is 21.9. The summed E-state index contributed by atoms with van der Waals surface area (Å²) in [7, 11) is 0. The van der Waals surface area contributed by atoms with Gasteiger partial charge in [0.05, 0.1) is 12.2 Å². The van der Waals surface area contributed by atoms with E-state index in [0.29, 0.717) is 0 Å². The van der Waals surface area contributed by atoms with Gasteiger partial charge in [0.25, 0.3) is 0 Å². The van der Waals surface area contributed by atoms with Gasteiger partial charge in [-0.25, -0.2) is 4.79 Å². The third kappa shape index (κ3) is 3.76. The summed E-state index contributed by atoms with van der Waals surface area (Å²) in [6.07, 6.45) is -4.94. The Balaban J connectivity index is 2.72. The van der Waals surface area contributed by atoms with Crippen LogP contribution in [0.2, 0.25) is 0 Å². The number of benzene rings is 1. The first-order valence-corrected chi connectivity index (χ1v) is 5.00. The van der Waals surface area contributed by atoms with Crippen molar-refractivity contribution in [3.63, 3.8) is 0 Å². The number of hydrogen-bond acceptors (Lipinski definition) is 3. The van der Waals surface area contributed by atoms with E-state index in [1.165, 1.54) is 24.3 Å². The van der Waals surface area contributed by atoms with Crippen LogP contribution in [-0.4, -0.2) is 24.7 Å². The number of nitrogens with one attached hydrogen (secondary N) is 1. The van der Waals surface area contributed by atoms with Crippen LogP contribution in [0.4, 0.5) is 18.9 Å². The molecule has 0 atom stereocenters. The van der Waals surface area contributed by atoms with Crippen LogP contribution in [0, 0.1) is 0 Å². The molecular weight excluding hydrogens is 251 g/mol. The molecule has 4 nitrogen and oxygen atoms in total. The van der Waals surface area contributed by atoms with Crippen molar-refractivity contribution in [3.8, 4) is 0 Å². The van der Waals surface area contributed by atoms with Crippen LogP contribution in [0.1, 0.15) is 17.3 Å². The molecule has 0 saturated heterocycles. The number of halogens is 3. The van der Waals surface area contributed by atoms with Crippen LogP contribution in [0.25, 0.3) is 0 Å². The highest BCUT2D eigenvalue weighted by atomic mass is 19.4. The molecular formula is C11H10F3NO3. The Morgan fingerprint density at radius 3 is 2.22 bits per heavy atom. The van der Waals surface area contributed by atoms with E-state index >= 15 is 0 Å². The van der Waals surface area contributed by atoms with Crippen molar-refractivity contribution in [2.45, 2.75) is 13.1 Å². The second kappa shape index (κ2) is 5.52. The molecule has 0 spiro atoms. The minimum absolute atomic E-state index is 0.0506. The van der Waals surface area contributed by atoms with E-state index in [2.05, 4.69) is 0 Å². The SMILES string of the molecule is CCOC(=O)c1ccc(NC(=O)C(F)(F)F)cc1. The quantitative estimate of drug-likeness (QED) is 0.850. The number of rotatable bonds is 3. The van der Waals surface area contributed by atoms with Gasteiger partial charge < -0.3 is 10.1 Å². The van der Waals surface area contributed by atoms with Gasteiger partial charge in [-0.05, 0) is 31.2 Å². The van der Waals surface area contributed by atoms with Crippen LogP contribution in [0.5, 0.6) is 0 Å². The lowest BCUT2D eigenvalue weighted by atomic mass is 10.2. The van der Waals surface area contributed by atoms with Crippen molar-refractivity contribution in [2.24, 2.45) is 0 Å². The Morgan fingerprint density at radius 1 is 1.22 bits per heavy atom. The fourth-order valence-corrected chi connectivity index (χ4v) is 1.11. The van der Waals surface area contributed by atoms with Crippen LogP contribution in [0.15, 0.2) is 24.3 Å². The number of alkyl halides is 3. The van der Waals surface area contributed by atoms with Gasteiger partial charge in [-0.15, -0.1) is 0 Å². The van der Waals surface area contributed by atoms with Gasteiger partial charge in [0.15, 0.2) is 0 Å². The first-order valence-electron chi connectivity index (χ1n) is 5.00. The van der Waals surface area contributed by atoms with Crippen LogP contribution in [-0.2, 0) is 9.53 Å². The summed E-state index contributed by atoms with van der Waals surface area (Å²) in [5.74, 6) is -2.64. The summed E-state index contributed by atoms with van der Waals surface area (Å²) in [5, 5.41) is 1.66. The molecule has 18 heavy (non-hydrogen) atoms. The highest BCUT2D eigenvalue weighted by Gasteiger charge is 2.38. The lowest BCUT2D eigenvalue weighted by Gasteiger charge is -2.08. The van der Waals surface area contributed by atoms with Gasteiger partial charge in [-0.2, -0.15) is 13.2 Å². The van der Waals surface area contributed by atoms with Crippen LogP contribution in [0.3, 0.4) is 0 Å². The number of carbonyl (C=O) groups excluding carboxylic acids is 2. The third-order valence-electron chi connectivity index (χ3n) is 1.91. The fraction of sp³-hybridized carbons (Fsp3) is 0.273. The van der Waals surface area contributed by atoms with E-state index in [4.69, 9.17) is 4.74 Å². The van der Waals surface area contributed by atoms with Gasteiger partial charge in [0.2, 0.25) is 0 Å². The Bertz CT molecular complexity index is 440. The topological polar surface area (TPSA) is 55.4 Å². The molecule has 1 aromatic rings.